The summed E-state index contributed by atoms with van der Waals surface area (Å²) < 4.78 is 16.0. The van der Waals surface area contributed by atoms with Crippen LogP contribution in [0.5, 0.6) is 0 Å². The second kappa shape index (κ2) is 9.46. The molecule has 0 radical (unpaired) electrons. The first kappa shape index (κ1) is 26.7. The summed E-state index contributed by atoms with van der Waals surface area (Å²) >= 11 is 0. The van der Waals surface area contributed by atoms with E-state index in [9.17, 15) is 19.2 Å². The first-order valence-corrected chi connectivity index (χ1v) is 9.93. The molecule has 32 heavy (non-hydrogen) atoms. The van der Waals surface area contributed by atoms with Crippen molar-refractivity contribution in [2.24, 2.45) is 0 Å². The van der Waals surface area contributed by atoms with Crippen molar-refractivity contribution >= 4 is 29.9 Å². The second-order valence-electron chi connectivity index (χ2n) is 9.92. The van der Waals surface area contributed by atoms with E-state index in [1.807, 2.05) is 0 Å². The first-order valence-electron chi connectivity index (χ1n) is 9.93. The Morgan fingerprint density at radius 1 is 0.656 bits per heavy atom. The van der Waals surface area contributed by atoms with E-state index in [4.69, 9.17) is 19.3 Å². The van der Waals surface area contributed by atoms with Gasteiger partial charge in [0.1, 0.15) is 16.8 Å². The average Bonchev–Trinajstić information content (AvgIpc) is 2.54. The van der Waals surface area contributed by atoms with Gasteiger partial charge in [-0.1, -0.05) is 0 Å². The number of hydrogen-bond acceptors (Lipinski definition) is 7. The van der Waals surface area contributed by atoms with Crippen LogP contribution in [0.1, 0.15) is 72.7 Å². The number of carboxylic acids is 1. The van der Waals surface area contributed by atoms with Crippen molar-refractivity contribution in [3.05, 3.63) is 29.8 Å². The average molecular weight is 453 g/mol. The van der Waals surface area contributed by atoms with Crippen LogP contribution < -0.4 is 5.01 Å². The minimum absolute atomic E-state index is 0.0130. The van der Waals surface area contributed by atoms with Crippen LogP contribution >= 0.6 is 0 Å². The highest BCUT2D eigenvalue weighted by Gasteiger charge is 2.41. The monoisotopic (exact) mass is 452 g/mol. The molecule has 0 aliphatic rings. The normalized spacial score (nSPS) is 11.9. The lowest BCUT2D eigenvalue weighted by Gasteiger charge is -2.35. The Morgan fingerprint density at radius 2 is 1.00 bits per heavy atom. The lowest BCUT2D eigenvalue weighted by Crippen LogP contribution is -2.56. The lowest BCUT2D eigenvalue weighted by molar-refractivity contribution is -0.00669. The van der Waals surface area contributed by atoms with Crippen LogP contribution in [-0.2, 0) is 14.2 Å². The number of nitrogens with zero attached hydrogens (tertiary/aromatic N) is 2. The molecule has 0 spiro atoms. The lowest BCUT2D eigenvalue weighted by atomic mass is 10.2. The van der Waals surface area contributed by atoms with Gasteiger partial charge in [-0.3, -0.25) is 0 Å². The minimum Gasteiger partial charge on any atom is -0.478 e. The summed E-state index contributed by atoms with van der Waals surface area (Å²) in [6.07, 6.45) is -3.43. The molecule has 0 unspecified atom stereocenters. The molecular formula is C22H32N2O8. The summed E-state index contributed by atoms with van der Waals surface area (Å²) in [5.41, 5.74) is -3.03. The standard InChI is InChI=1S/C22H32N2O8/c1-20(2,3)30-17(27)23(15-12-10-14(11-13-15)16(25)26)24(18(28)31-21(4,5)6)19(29)32-22(7,8)9/h10-13H,1-9H3,(H,25,26). The van der Waals surface area contributed by atoms with Crippen molar-refractivity contribution < 1.29 is 38.5 Å². The first-order chi connectivity index (χ1) is 14.3. The number of rotatable bonds is 2. The molecule has 0 atom stereocenters. The van der Waals surface area contributed by atoms with E-state index in [-0.39, 0.29) is 11.3 Å². The molecule has 1 N–H and O–H groups in total. The molecule has 10 heteroatoms. The molecule has 0 saturated heterocycles. The number of carboxylic acid groups (broad SMARTS) is 1. The predicted molar refractivity (Wildman–Crippen MR) is 116 cm³/mol. The van der Waals surface area contributed by atoms with Gasteiger partial charge in [-0.15, -0.1) is 5.01 Å². The number of hydrazine groups is 1. The Balaban J connectivity index is 3.62. The van der Waals surface area contributed by atoms with E-state index in [1.54, 1.807) is 62.3 Å². The van der Waals surface area contributed by atoms with Gasteiger partial charge in [0, 0.05) is 0 Å². The van der Waals surface area contributed by atoms with Gasteiger partial charge >= 0.3 is 24.2 Å². The molecule has 0 saturated carbocycles. The van der Waals surface area contributed by atoms with Crippen molar-refractivity contribution in [2.75, 3.05) is 5.01 Å². The van der Waals surface area contributed by atoms with Gasteiger partial charge in [-0.2, -0.15) is 5.01 Å². The number of ether oxygens (including phenoxy) is 3. The number of amides is 3. The van der Waals surface area contributed by atoms with Crippen LogP contribution in [0.4, 0.5) is 20.1 Å². The zero-order valence-corrected chi connectivity index (χ0v) is 20.0. The molecule has 10 nitrogen and oxygen atoms in total. The van der Waals surface area contributed by atoms with Crippen molar-refractivity contribution in [3.8, 4) is 0 Å². The van der Waals surface area contributed by atoms with E-state index in [1.165, 1.54) is 24.3 Å². The number of hydrogen-bond donors (Lipinski definition) is 1. The van der Waals surface area contributed by atoms with Crippen LogP contribution in [0.2, 0.25) is 0 Å². The van der Waals surface area contributed by atoms with Crippen LogP contribution in [0.3, 0.4) is 0 Å². The van der Waals surface area contributed by atoms with E-state index in [2.05, 4.69) is 0 Å². The predicted octanol–water partition coefficient (Wildman–Crippen LogP) is 5.21. The topological polar surface area (TPSA) is 123 Å². The summed E-state index contributed by atoms with van der Waals surface area (Å²) in [5, 5.41) is 10.2. The molecule has 178 valence electrons. The zero-order valence-electron chi connectivity index (χ0n) is 20.0. The molecule has 0 aromatic heterocycles. The van der Waals surface area contributed by atoms with Crippen molar-refractivity contribution in [1.29, 1.82) is 0 Å². The van der Waals surface area contributed by atoms with E-state index < -0.39 is 41.1 Å². The SMILES string of the molecule is CC(C)(C)OC(=O)N(C(=O)OC(C)(C)C)N(C(=O)OC(C)(C)C)c1ccc(C(=O)O)cc1. The van der Waals surface area contributed by atoms with Crippen LogP contribution in [0.15, 0.2) is 24.3 Å². The molecular weight excluding hydrogens is 420 g/mol. The van der Waals surface area contributed by atoms with Gasteiger partial charge < -0.3 is 19.3 Å². The molecule has 0 bridgehead atoms. The molecule has 0 heterocycles. The summed E-state index contributed by atoms with van der Waals surface area (Å²) in [7, 11) is 0. The van der Waals surface area contributed by atoms with Gasteiger partial charge in [0.25, 0.3) is 0 Å². The van der Waals surface area contributed by atoms with Gasteiger partial charge in [-0.05, 0) is 86.6 Å². The van der Waals surface area contributed by atoms with E-state index >= 15 is 0 Å². The smallest absolute Gasteiger partial charge is 0.440 e. The molecule has 0 aliphatic heterocycles. The molecule has 0 fully saturated rings. The van der Waals surface area contributed by atoms with Crippen LogP contribution in [-0.4, -0.2) is 51.2 Å². The number of benzene rings is 1. The number of carbonyl (C=O) groups is 4. The third kappa shape index (κ3) is 8.44. The highest BCUT2D eigenvalue weighted by Crippen LogP contribution is 2.25. The molecule has 0 aliphatic carbocycles. The molecule has 1 aromatic carbocycles. The van der Waals surface area contributed by atoms with Crippen LogP contribution in [0.25, 0.3) is 0 Å². The maximum atomic E-state index is 13.1. The Labute approximate surface area is 188 Å². The van der Waals surface area contributed by atoms with Gasteiger partial charge in [0.15, 0.2) is 0 Å². The van der Waals surface area contributed by atoms with Gasteiger partial charge in [0.2, 0.25) is 0 Å². The second-order valence-corrected chi connectivity index (χ2v) is 9.92. The summed E-state index contributed by atoms with van der Waals surface area (Å²) in [5.74, 6) is -1.18. The fourth-order valence-corrected chi connectivity index (χ4v) is 2.20. The summed E-state index contributed by atoms with van der Waals surface area (Å²) in [4.78, 5) is 50.3. The van der Waals surface area contributed by atoms with Crippen molar-refractivity contribution in [2.45, 2.75) is 79.1 Å². The number of carbonyl (C=O) groups excluding carboxylic acids is 3. The van der Waals surface area contributed by atoms with E-state index in [0.29, 0.717) is 10.0 Å². The Hall–Kier alpha value is -3.30. The largest absolute Gasteiger partial charge is 0.478 e. The molecule has 1 rings (SSSR count). The fraction of sp³-hybridized carbons (Fsp3) is 0.545. The minimum atomic E-state index is -1.18. The van der Waals surface area contributed by atoms with Crippen LogP contribution in [0, 0.1) is 0 Å². The van der Waals surface area contributed by atoms with Gasteiger partial charge in [-0.25, -0.2) is 19.2 Å². The highest BCUT2D eigenvalue weighted by atomic mass is 16.6. The fourth-order valence-electron chi connectivity index (χ4n) is 2.20. The number of aromatic carboxylic acids is 1. The molecule has 3 amide bonds. The number of anilines is 1. The zero-order chi connectivity index (χ0) is 25.1. The molecule has 1 aromatic rings. The Bertz CT molecular complexity index is 830. The highest BCUT2D eigenvalue weighted by molar-refractivity contribution is 5.99. The maximum Gasteiger partial charge on any atom is 0.440 e. The van der Waals surface area contributed by atoms with E-state index in [0.717, 1.165) is 0 Å². The third-order valence-electron chi connectivity index (χ3n) is 3.26. The van der Waals surface area contributed by atoms with Crippen molar-refractivity contribution in [3.63, 3.8) is 0 Å². The van der Waals surface area contributed by atoms with Gasteiger partial charge in [0.05, 0.1) is 11.3 Å². The van der Waals surface area contributed by atoms with Crippen molar-refractivity contribution in [1.82, 2.24) is 5.01 Å². The maximum absolute atomic E-state index is 13.1. The summed E-state index contributed by atoms with van der Waals surface area (Å²) in [6.45, 7) is 14.4. The Kier molecular flexibility index (Phi) is 7.90. The quantitative estimate of drug-likeness (QED) is 0.479. The number of imide groups is 1. The third-order valence-corrected chi connectivity index (χ3v) is 3.26. The summed E-state index contributed by atoms with van der Waals surface area (Å²) in [6, 6.07) is 4.96. The Morgan fingerprint density at radius 3 is 1.31 bits per heavy atom.